The van der Waals surface area contributed by atoms with Crippen molar-refractivity contribution in [3.05, 3.63) is 12.2 Å². The summed E-state index contributed by atoms with van der Waals surface area (Å²) >= 11 is 0. The van der Waals surface area contributed by atoms with Crippen molar-refractivity contribution in [1.29, 1.82) is 0 Å². The number of hydrogen-bond acceptors (Lipinski definition) is 2. The van der Waals surface area contributed by atoms with Gasteiger partial charge in [0, 0.05) is 6.42 Å². The van der Waals surface area contributed by atoms with Crippen LogP contribution in [0.1, 0.15) is 110 Å². The lowest BCUT2D eigenvalue weighted by atomic mass is 10.1. The predicted molar refractivity (Wildman–Crippen MR) is 103 cm³/mol. The SMILES string of the molecule is CCCCCCCC/C=C\CCCCCCCC[N+](O)(O)CCC. The van der Waals surface area contributed by atoms with Crippen molar-refractivity contribution < 1.29 is 15.2 Å². The van der Waals surface area contributed by atoms with Crippen LogP contribution in [0.5, 0.6) is 0 Å². The van der Waals surface area contributed by atoms with E-state index in [1.165, 1.54) is 77.0 Å². The molecule has 0 saturated heterocycles. The normalized spacial score (nSPS) is 12.3. The van der Waals surface area contributed by atoms with E-state index in [1.807, 2.05) is 6.92 Å². The van der Waals surface area contributed by atoms with Gasteiger partial charge in [-0.1, -0.05) is 77.4 Å². The Balaban J connectivity index is 3.21. The highest BCUT2D eigenvalue weighted by molar-refractivity contribution is 4.81. The summed E-state index contributed by atoms with van der Waals surface area (Å²) in [7, 11) is 0. The van der Waals surface area contributed by atoms with Crippen LogP contribution in [0, 0.1) is 0 Å². The van der Waals surface area contributed by atoms with E-state index in [0.29, 0.717) is 13.1 Å². The molecule has 0 fully saturated rings. The average molecular weight is 343 g/mol. The molecule has 0 aromatic rings. The van der Waals surface area contributed by atoms with Crippen molar-refractivity contribution in [3.8, 4) is 0 Å². The number of rotatable bonds is 18. The molecule has 0 amide bonds. The summed E-state index contributed by atoms with van der Waals surface area (Å²) in [5.41, 5.74) is 0. The second kappa shape index (κ2) is 17.4. The Morgan fingerprint density at radius 2 is 1.00 bits per heavy atom. The number of hydrogen-bond donors (Lipinski definition) is 2. The molecule has 2 N–H and O–H groups in total. The Morgan fingerprint density at radius 3 is 1.50 bits per heavy atom. The maximum atomic E-state index is 9.62. The van der Waals surface area contributed by atoms with Crippen molar-refractivity contribution in [3.63, 3.8) is 0 Å². The van der Waals surface area contributed by atoms with Crippen molar-refractivity contribution in [2.75, 3.05) is 13.1 Å². The summed E-state index contributed by atoms with van der Waals surface area (Å²) in [6, 6.07) is 0. The Kier molecular flexibility index (Phi) is 17.2. The predicted octanol–water partition coefficient (Wildman–Crippen LogP) is 7.03. The molecular weight excluding hydrogens is 298 g/mol. The average Bonchev–Trinajstić information content (AvgIpc) is 2.54. The molecule has 0 aliphatic rings. The first-order chi connectivity index (χ1) is 11.6. The molecular formula is C21H44NO2+. The monoisotopic (exact) mass is 342 g/mol. The molecule has 0 heterocycles. The van der Waals surface area contributed by atoms with Crippen molar-refractivity contribution in [2.45, 2.75) is 110 Å². The molecule has 144 valence electrons. The van der Waals surface area contributed by atoms with Gasteiger partial charge in [0.05, 0.1) is 0 Å². The molecule has 0 bridgehead atoms. The second-order valence-electron chi connectivity index (χ2n) is 7.26. The highest BCUT2D eigenvalue weighted by Crippen LogP contribution is 2.11. The van der Waals surface area contributed by atoms with Gasteiger partial charge in [-0.3, -0.25) is 0 Å². The first kappa shape index (κ1) is 23.6. The van der Waals surface area contributed by atoms with Crippen LogP contribution in [-0.4, -0.2) is 28.3 Å². The van der Waals surface area contributed by atoms with E-state index in [0.717, 1.165) is 19.3 Å². The van der Waals surface area contributed by atoms with Gasteiger partial charge in [0.25, 0.3) is 0 Å². The lowest BCUT2D eigenvalue weighted by Crippen LogP contribution is -2.42. The number of allylic oxidation sites excluding steroid dienone is 2. The molecule has 0 atom stereocenters. The fraction of sp³-hybridized carbons (Fsp3) is 0.905. The number of unbranched alkanes of at least 4 members (excludes halogenated alkanes) is 12. The van der Waals surface area contributed by atoms with E-state index in [1.54, 1.807) is 0 Å². The van der Waals surface area contributed by atoms with Crippen LogP contribution < -0.4 is 0 Å². The van der Waals surface area contributed by atoms with Gasteiger partial charge in [0.2, 0.25) is 0 Å². The summed E-state index contributed by atoms with van der Waals surface area (Å²) in [5, 5.41) is 19.2. The topological polar surface area (TPSA) is 40.5 Å². The minimum Gasteiger partial charge on any atom is -0.182 e. The zero-order chi connectivity index (χ0) is 17.9. The van der Waals surface area contributed by atoms with E-state index >= 15 is 0 Å². The maximum Gasteiger partial charge on any atom is 0.142 e. The van der Waals surface area contributed by atoms with Gasteiger partial charge in [0.1, 0.15) is 13.1 Å². The van der Waals surface area contributed by atoms with Gasteiger partial charge in [-0.15, -0.1) is 0 Å². The molecule has 0 radical (unpaired) electrons. The quantitative estimate of drug-likeness (QED) is 0.121. The van der Waals surface area contributed by atoms with Gasteiger partial charge in [-0.05, 0) is 43.3 Å². The summed E-state index contributed by atoms with van der Waals surface area (Å²) < 4.78 is 0. The largest absolute Gasteiger partial charge is 0.182 e. The molecule has 0 rings (SSSR count). The summed E-state index contributed by atoms with van der Waals surface area (Å²) in [6.45, 7) is 5.14. The molecule has 0 unspecified atom stereocenters. The third kappa shape index (κ3) is 18.0. The molecule has 0 spiro atoms. The molecule has 0 aliphatic carbocycles. The van der Waals surface area contributed by atoms with Crippen LogP contribution in [-0.2, 0) is 0 Å². The van der Waals surface area contributed by atoms with E-state index in [9.17, 15) is 10.4 Å². The zero-order valence-corrected chi connectivity index (χ0v) is 16.5. The zero-order valence-electron chi connectivity index (χ0n) is 16.5. The fourth-order valence-corrected chi connectivity index (χ4v) is 3.08. The highest BCUT2D eigenvalue weighted by Gasteiger charge is 2.19. The van der Waals surface area contributed by atoms with Crippen molar-refractivity contribution in [1.82, 2.24) is 0 Å². The van der Waals surface area contributed by atoms with Gasteiger partial charge >= 0.3 is 0 Å². The maximum absolute atomic E-state index is 9.62. The molecule has 0 aromatic heterocycles. The van der Waals surface area contributed by atoms with E-state index in [2.05, 4.69) is 19.1 Å². The van der Waals surface area contributed by atoms with E-state index in [-0.39, 0.29) is 0 Å². The third-order valence-corrected chi connectivity index (χ3v) is 4.61. The van der Waals surface area contributed by atoms with Gasteiger partial charge in [-0.25, -0.2) is 0 Å². The van der Waals surface area contributed by atoms with Gasteiger partial charge in [-0.2, -0.15) is 10.4 Å². The Bertz CT molecular complexity index is 277. The van der Waals surface area contributed by atoms with Crippen molar-refractivity contribution in [2.24, 2.45) is 0 Å². The summed E-state index contributed by atoms with van der Waals surface area (Å²) in [4.78, 5) is -0.792. The number of hydroxylamine groups is 4. The van der Waals surface area contributed by atoms with Crippen LogP contribution in [0.2, 0.25) is 0 Å². The lowest BCUT2D eigenvalue weighted by Gasteiger charge is -2.20. The van der Waals surface area contributed by atoms with Crippen LogP contribution in [0.25, 0.3) is 0 Å². The Hall–Kier alpha value is -0.380. The number of quaternary nitrogens is 1. The van der Waals surface area contributed by atoms with Crippen LogP contribution in [0.15, 0.2) is 12.2 Å². The first-order valence-electron chi connectivity index (χ1n) is 10.6. The molecule has 3 heteroatoms. The van der Waals surface area contributed by atoms with Crippen molar-refractivity contribution >= 4 is 0 Å². The molecule has 3 nitrogen and oxygen atoms in total. The standard InChI is InChI=1S/C21H44NO2/c1-3-5-6-7-8-9-10-11-12-13-14-15-16-17-18-19-21-22(23,24)20-4-2/h11-12,23-24H,3-10,13-21H2,1-2H3/q+1/b12-11-. The molecule has 0 aromatic carbocycles. The van der Waals surface area contributed by atoms with Gasteiger partial charge < -0.3 is 0 Å². The fourth-order valence-electron chi connectivity index (χ4n) is 3.08. The Morgan fingerprint density at radius 1 is 0.542 bits per heavy atom. The molecule has 0 aliphatic heterocycles. The van der Waals surface area contributed by atoms with E-state index < -0.39 is 4.81 Å². The third-order valence-electron chi connectivity index (χ3n) is 4.61. The van der Waals surface area contributed by atoms with Gasteiger partial charge in [0.15, 0.2) is 0 Å². The second-order valence-corrected chi connectivity index (χ2v) is 7.26. The first-order valence-corrected chi connectivity index (χ1v) is 10.6. The van der Waals surface area contributed by atoms with Crippen LogP contribution in [0.3, 0.4) is 0 Å². The molecule has 24 heavy (non-hydrogen) atoms. The minimum atomic E-state index is -0.792. The van der Waals surface area contributed by atoms with E-state index in [4.69, 9.17) is 0 Å². The summed E-state index contributed by atoms with van der Waals surface area (Å²) in [5.74, 6) is 0. The minimum absolute atomic E-state index is 0.436. The van der Waals surface area contributed by atoms with Crippen LogP contribution >= 0.6 is 0 Å². The number of nitrogens with zero attached hydrogens (tertiary/aromatic N) is 1. The smallest absolute Gasteiger partial charge is 0.142 e. The molecule has 0 saturated carbocycles. The summed E-state index contributed by atoms with van der Waals surface area (Å²) in [6.07, 6.45) is 23.4. The highest BCUT2D eigenvalue weighted by atomic mass is 16.8. The van der Waals surface area contributed by atoms with Crippen LogP contribution in [0.4, 0.5) is 0 Å². The lowest BCUT2D eigenvalue weighted by molar-refractivity contribution is -1.24. The Labute approximate surface area is 151 Å².